The van der Waals surface area contributed by atoms with Gasteiger partial charge in [-0.15, -0.1) is 10.7 Å². The van der Waals surface area contributed by atoms with Gasteiger partial charge in [0, 0.05) is 35.4 Å². The normalized spacial score (nSPS) is 13.6. The summed E-state index contributed by atoms with van der Waals surface area (Å²) in [5, 5.41) is 3.08. The highest BCUT2D eigenvalue weighted by Crippen LogP contribution is 2.34. The fourth-order valence-electron chi connectivity index (χ4n) is 4.70. The summed E-state index contributed by atoms with van der Waals surface area (Å²) in [6.07, 6.45) is 3.47. The fourth-order valence-corrected chi connectivity index (χ4v) is 6.30. The molecule has 1 atom stereocenters. The van der Waals surface area contributed by atoms with E-state index in [1.54, 1.807) is 26.0 Å². The lowest BCUT2D eigenvalue weighted by atomic mass is 10.0. The van der Waals surface area contributed by atoms with Gasteiger partial charge in [-0.25, -0.2) is 13.8 Å². The highest BCUT2D eigenvalue weighted by atomic mass is 32.2. The average molecular weight is 631 g/mol. The second-order valence-electron chi connectivity index (χ2n) is 10.0. The van der Waals surface area contributed by atoms with Gasteiger partial charge >= 0.3 is 0 Å². The fraction of sp³-hybridized carbons (Fsp3) is 0.267. The SMILES string of the molecule is CS(=N)Cc1cc2nc(c1)OCCCOc1cc(F)ccc1-c1cc(ncc1F)N2.Cc1cc(C)c(S(=O)(=O)O)c(C)c1. The lowest BCUT2D eigenvalue weighted by Gasteiger charge is -2.16. The number of ether oxygens (including phenoxy) is 2. The van der Waals surface area contributed by atoms with E-state index in [0.717, 1.165) is 17.3 Å². The molecule has 0 saturated heterocycles. The lowest BCUT2D eigenvalue weighted by Crippen LogP contribution is -2.09. The Morgan fingerprint density at radius 3 is 2.35 bits per heavy atom. The van der Waals surface area contributed by atoms with Crippen molar-refractivity contribution in [2.75, 3.05) is 24.8 Å². The van der Waals surface area contributed by atoms with Gasteiger partial charge in [0.15, 0.2) is 0 Å². The van der Waals surface area contributed by atoms with Crippen LogP contribution in [0.25, 0.3) is 11.1 Å². The van der Waals surface area contributed by atoms with Gasteiger partial charge in [-0.2, -0.15) is 13.4 Å². The molecule has 3 heterocycles. The minimum absolute atomic E-state index is 0.0260. The Kier molecular flexibility index (Phi) is 10.1. The maximum atomic E-state index is 14.6. The third-order valence-corrected chi connectivity index (χ3v) is 8.18. The summed E-state index contributed by atoms with van der Waals surface area (Å²) in [5.74, 6) is 1.10. The number of aromatic nitrogens is 2. The molecule has 13 heteroatoms. The van der Waals surface area contributed by atoms with Crippen LogP contribution in [0.1, 0.15) is 28.7 Å². The van der Waals surface area contributed by atoms with Crippen molar-refractivity contribution in [3.05, 3.63) is 88.6 Å². The van der Waals surface area contributed by atoms with E-state index in [9.17, 15) is 17.2 Å². The molecule has 0 amide bonds. The number of hydrogen-bond donors (Lipinski definition) is 3. The van der Waals surface area contributed by atoms with E-state index >= 15 is 0 Å². The Labute approximate surface area is 252 Å². The van der Waals surface area contributed by atoms with Gasteiger partial charge in [-0.05, 0) is 68.0 Å². The van der Waals surface area contributed by atoms with Crippen LogP contribution >= 0.6 is 0 Å². The minimum Gasteiger partial charge on any atom is -0.493 e. The second kappa shape index (κ2) is 13.6. The van der Waals surface area contributed by atoms with Crippen molar-refractivity contribution in [1.82, 2.24) is 9.97 Å². The molecule has 4 aromatic rings. The quantitative estimate of drug-likeness (QED) is 0.213. The van der Waals surface area contributed by atoms with Crippen molar-refractivity contribution in [3.63, 3.8) is 0 Å². The average Bonchev–Trinajstić information content (AvgIpc) is 2.88. The number of pyridine rings is 2. The van der Waals surface area contributed by atoms with Crippen LogP contribution in [-0.2, 0) is 26.6 Å². The molecule has 9 nitrogen and oxygen atoms in total. The number of nitrogens with zero attached hydrogens (tertiary/aromatic N) is 2. The standard InChI is InChI=1S/C21H20F2N4O2S.C9H12O3S/c1-30(24)12-13-7-20-26-19-10-16(17(23)11-25-19)15-4-3-14(22)9-18(15)28-5-2-6-29-21(8-13)27-20;1-6-4-7(2)9(8(3)5-6)13(10,11)12/h3-4,7-11,24H,2,5-6,12H2,1H3,(H,25,26,27);4-5H,1-3H3,(H,10,11,12). The van der Waals surface area contributed by atoms with Crippen molar-refractivity contribution < 1.29 is 31.2 Å². The number of halogens is 2. The molecule has 0 radical (unpaired) electrons. The van der Waals surface area contributed by atoms with Crippen molar-refractivity contribution in [1.29, 1.82) is 4.78 Å². The zero-order valence-electron chi connectivity index (χ0n) is 24.1. The van der Waals surface area contributed by atoms with E-state index in [-0.39, 0.29) is 22.8 Å². The largest absolute Gasteiger partial charge is 0.493 e. The molecule has 0 spiro atoms. The minimum atomic E-state index is -4.08. The second-order valence-corrected chi connectivity index (χ2v) is 13.0. The van der Waals surface area contributed by atoms with Crippen LogP contribution in [0.5, 0.6) is 11.6 Å². The van der Waals surface area contributed by atoms with Crippen LogP contribution in [0.3, 0.4) is 0 Å². The summed E-state index contributed by atoms with van der Waals surface area (Å²) in [7, 11) is -4.62. The third-order valence-electron chi connectivity index (χ3n) is 6.25. The topological polar surface area (TPSA) is 134 Å². The Balaban J connectivity index is 0.000000273. The van der Waals surface area contributed by atoms with Crippen molar-refractivity contribution >= 4 is 32.4 Å². The highest BCUT2D eigenvalue weighted by Gasteiger charge is 2.17. The first kappa shape index (κ1) is 32.0. The van der Waals surface area contributed by atoms with Crippen LogP contribution in [-0.4, -0.2) is 42.4 Å². The molecule has 1 aliphatic heterocycles. The monoisotopic (exact) mass is 630 g/mol. The lowest BCUT2D eigenvalue weighted by molar-refractivity contribution is 0.242. The van der Waals surface area contributed by atoms with Gasteiger partial charge in [0.25, 0.3) is 10.1 Å². The summed E-state index contributed by atoms with van der Waals surface area (Å²) in [4.78, 5) is 8.57. The number of nitrogens with one attached hydrogen (secondary N) is 2. The summed E-state index contributed by atoms with van der Waals surface area (Å²) < 4.78 is 78.5. The summed E-state index contributed by atoms with van der Waals surface area (Å²) in [6.45, 7) is 5.84. The van der Waals surface area contributed by atoms with E-state index in [1.807, 2.05) is 25.3 Å². The van der Waals surface area contributed by atoms with E-state index in [0.29, 0.717) is 53.0 Å². The Morgan fingerprint density at radius 2 is 1.67 bits per heavy atom. The van der Waals surface area contributed by atoms with Gasteiger partial charge in [0.2, 0.25) is 5.88 Å². The smallest absolute Gasteiger partial charge is 0.295 e. The number of rotatable bonds is 3. The molecule has 2 aromatic carbocycles. The molecule has 1 unspecified atom stereocenters. The molecule has 228 valence electrons. The van der Waals surface area contributed by atoms with Crippen LogP contribution in [0.15, 0.2) is 59.6 Å². The molecule has 2 aromatic heterocycles. The Morgan fingerprint density at radius 1 is 0.977 bits per heavy atom. The zero-order chi connectivity index (χ0) is 31.3. The van der Waals surface area contributed by atoms with Crippen molar-refractivity contribution in [2.45, 2.75) is 37.8 Å². The van der Waals surface area contributed by atoms with E-state index in [2.05, 4.69) is 15.3 Å². The summed E-state index contributed by atoms with van der Waals surface area (Å²) in [5.41, 5.74) is 3.75. The molecule has 0 aliphatic carbocycles. The first-order valence-corrected chi connectivity index (χ1v) is 16.4. The molecule has 5 rings (SSSR count). The van der Waals surface area contributed by atoms with E-state index < -0.39 is 32.4 Å². The first-order valence-electron chi connectivity index (χ1n) is 13.2. The Bertz CT molecular complexity index is 1760. The van der Waals surface area contributed by atoms with Gasteiger partial charge in [-0.1, -0.05) is 17.7 Å². The Hall–Kier alpha value is -3.94. The van der Waals surface area contributed by atoms with Gasteiger partial charge < -0.3 is 14.8 Å². The van der Waals surface area contributed by atoms with E-state index in [1.165, 1.54) is 24.3 Å². The molecular formula is C30H32F2N4O5S2. The third kappa shape index (κ3) is 8.55. The molecular weight excluding hydrogens is 598 g/mol. The van der Waals surface area contributed by atoms with Crippen molar-refractivity contribution in [2.24, 2.45) is 0 Å². The number of fused-ring (bicyclic) bond motifs is 6. The molecule has 0 fully saturated rings. The van der Waals surface area contributed by atoms with Crippen LogP contribution in [0.4, 0.5) is 20.4 Å². The zero-order valence-corrected chi connectivity index (χ0v) is 25.7. The predicted octanol–water partition coefficient (Wildman–Crippen LogP) is 6.70. The van der Waals surface area contributed by atoms with Crippen LogP contribution < -0.4 is 14.8 Å². The molecule has 4 bridgehead atoms. The summed E-state index contributed by atoms with van der Waals surface area (Å²) >= 11 is 0. The van der Waals surface area contributed by atoms with Gasteiger partial charge in [0.1, 0.15) is 29.0 Å². The number of aryl methyl sites for hydroxylation is 3. The van der Waals surface area contributed by atoms with Crippen molar-refractivity contribution in [3.8, 4) is 22.8 Å². The molecule has 3 N–H and O–H groups in total. The number of benzene rings is 2. The van der Waals surface area contributed by atoms with Gasteiger partial charge in [0.05, 0.1) is 24.3 Å². The van der Waals surface area contributed by atoms with E-state index in [4.69, 9.17) is 18.8 Å². The van der Waals surface area contributed by atoms with Crippen LogP contribution in [0.2, 0.25) is 0 Å². The molecule has 1 aliphatic rings. The maximum Gasteiger partial charge on any atom is 0.295 e. The molecule has 0 saturated carbocycles. The van der Waals surface area contributed by atoms with Crippen LogP contribution in [0, 0.1) is 37.2 Å². The summed E-state index contributed by atoms with van der Waals surface area (Å²) in [6, 6.07) is 12.6. The predicted molar refractivity (Wildman–Crippen MR) is 163 cm³/mol. The number of hydrogen-bond acceptors (Lipinski definition) is 8. The maximum absolute atomic E-state index is 14.6. The number of anilines is 2. The highest BCUT2D eigenvalue weighted by molar-refractivity contribution is 7.86. The molecule has 43 heavy (non-hydrogen) atoms. The first-order chi connectivity index (χ1) is 20.3. The van der Waals surface area contributed by atoms with Gasteiger partial charge in [-0.3, -0.25) is 9.33 Å².